The molecule has 7 rings (SSSR count). The molecular weight excluding hydrogens is 861 g/mol. The first-order valence-electron chi connectivity index (χ1n) is 21.2. The number of phenols is 1. The molecule has 3 amide bonds. The van der Waals surface area contributed by atoms with Crippen LogP contribution in [0.3, 0.4) is 0 Å². The molecule has 3 N–H and O–H groups in total. The number of nitrogens with one attached hydrogen (secondary N) is 2. The maximum atomic E-state index is 14.5. The number of carbonyl (C=O) groups is 4. The summed E-state index contributed by atoms with van der Waals surface area (Å²) in [6, 6.07) is 11.5. The van der Waals surface area contributed by atoms with Gasteiger partial charge in [0.15, 0.2) is 6.10 Å². The minimum Gasteiger partial charge on any atom is -0.508 e. The molecule has 6 bridgehead atoms. The highest BCUT2D eigenvalue weighted by Gasteiger charge is 2.37. The van der Waals surface area contributed by atoms with E-state index in [1.165, 1.54) is 5.01 Å². The van der Waals surface area contributed by atoms with Crippen molar-refractivity contribution in [1.29, 1.82) is 0 Å². The number of benzene rings is 2. The number of aromatic nitrogens is 2. The van der Waals surface area contributed by atoms with Crippen LogP contribution < -0.4 is 10.7 Å². The van der Waals surface area contributed by atoms with Crippen LogP contribution in [0.25, 0.3) is 33.3 Å². The number of fused-ring (bicyclic) bond motifs is 6. The zero-order chi connectivity index (χ0) is 42.7. The maximum absolute atomic E-state index is 14.5. The van der Waals surface area contributed by atoms with Gasteiger partial charge in [-0.05, 0) is 103 Å². The van der Waals surface area contributed by atoms with E-state index < -0.39 is 47.5 Å². The summed E-state index contributed by atoms with van der Waals surface area (Å²) in [5.74, 6) is -1.93. The number of carbonyl (C=O) groups excluding carboxylic acids is 4. The number of aromatic hydroxyl groups is 1. The van der Waals surface area contributed by atoms with Crippen LogP contribution in [0.5, 0.6) is 5.75 Å². The summed E-state index contributed by atoms with van der Waals surface area (Å²) < 4.78 is 19.7. The Hall–Kier alpha value is -4.42. The molecule has 2 aromatic heterocycles. The standard InChI is InChI=1S/C46H58N6O8.3H2S/c1-7-51-39-13-12-30-23-34(39)35(40(51)36-25-47-15-14-31(36)26-58-6)24-46(4,5)27-59-44(56)37-11-10-18-52(49-37)43(55)38(21-29-19-32(30)22-33(53)20-29)48-42(54)41(28(2)3)60-45(57)50-16-8-9-17-50;;;/h12-15,19-20,22-23,25,28,37-38,41,49,53H,7-11,16-18,21,24,26-27H2,1-6H3,(H,48,54);3*1H2/t37-,38-,41-;;;/m0.../s1. The van der Waals surface area contributed by atoms with Crippen LogP contribution in [0, 0.1) is 11.3 Å². The Balaban J connectivity index is 0.00000290. The Morgan fingerprint density at radius 1 is 1.02 bits per heavy atom. The first kappa shape index (κ1) is 51.2. The van der Waals surface area contributed by atoms with E-state index in [-0.39, 0.29) is 65.2 Å². The Morgan fingerprint density at radius 2 is 1.76 bits per heavy atom. The van der Waals surface area contributed by atoms with Crippen LogP contribution in [0.4, 0.5) is 4.79 Å². The molecule has 2 aromatic carbocycles. The largest absolute Gasteiger partial charge is 0.508 e. The number of rotatable bonds is 8. The van der Waals surface area contributed by atoms with Crippen molar-refractivity contribution in [3.05, 3.63) is 71.5 Å². The third kappa shape index (κ3) is 11.5. The summed E-state index contributed by atoms with van der Waals surface area (Å²) in [6.07, 6.45) is 5.21. The van der Waals surface area contributed by atoms with Crippen LogP contribution >= 0.6 is 40.5 Å². The van der Waals surface area contributed by atoms with Crippen molar-refractivity contribution in [3.63, 3.8) is 0 Å². The van der Waals surface area contributed by atoms with E-state index in [1.54, 1.807) is 44.2 Å². The molecule has 0 aliphatic carbocycles. The van der Waals surface area contributed by atoms with Crippen molar-refractivity contribution < 1.29 is 38.5 Å². The van der Waals surface area contributed by atoms with Gasteiger partial charge in [-0.1, -0.05) is 39.8 Å². The number of hydrogen-bond acceptors (Lipinski definition) is 10. The summed E-state index contributed by atoms with van der Waals surface area (Å²) in [5.41, 5.74) is 9.81. The van der Waals surface area contributed by atoms with E-state index in [4.69, 9.17) is 14.2 Å². The highest BCUT2D eigenvalue weighted by atomic mass is 32.1. The first-order valence-corrected chi connectivity index (χ1v) is 21.2. The van der Waals surface area contributed by atoms with E-state index in [2.05, 4.69) is 53.2 Å². The SMILES string of the molecule is CCn1c(-c2cnccc2COC)c2c3cc(ccc31)-c1cc(O)cc(c1)C[C@H](NC(=O)[C@@H](OC(=O)N1CCCC1)C(C)C)C(=O)N1CCC[C@H](N1)C(=O)OCC(C)(C)C2.S.S.S. The Labute approximate surface area is 391 Å². The lowest BCUT2D eigenvalue weighted by atomic mass is 9.84. The average molecular weight is 925 g/mol. The van der Waals surface area contributed by atoms with Crippen molar-refractivity contribution >= 4 is 75.3 Å². The maximum Gasteiger partial charge on any atom is 0.410 e. The second kappa shape index (κ2) is 22.0. The van der Waals surface area contributed by atoms with Crippen LogP contribution in [0.1, 0.15) is 77.0 Å². The quantitative estimate of drug-likeness (QED) is 0.167. The van der Waals surface area contributed by atoms with Crippen LogP contribution in [-0.2, 0) is 54.6 Å². The van der Waals surface area contributed by atoms with E-state index in [0.717, 1.165) is 57.3 Å². The molecule has 63 heavy (non-hydrogen) atoms. The van der Waals surface area contributed by atoms with Crippen molar-refractivity contribution in [2.24, 2.45) is 11.3 Å². The highest BCUT2D eigenvalue weighted by Crippen LogP contribution is 2.41. The number of esters is 1. The lowest BCUT2D eigenvalue weighted by molar-refractivity contribution is -0.155. The average Bonchev–Trinajstić information content (AvgIpc) is 3.88. The van der Waals surface area contributed by atoms with Crippen molar-refractivity contribution in [1.82, 2.24) is 30.2 Å². The Morgan fingerprint density at radius 3 is 2.46 bits per heavy atom. The number of nitrogens with zero attached hydrogens (tertiary/aromatic N) is 4. The summed E-state index contributed by atoms with van der Waals surface area (Å²) in [4.78, 5) is 61.5. The minimum atomic E-state index is -1.16. The molecule has 14 nitrogen and oxygen atoms in total. The van der Waals surface area contributed by atoms with Crippen molar-refractivity contribution in [2.45, 2.75) is 104 Å². The highest BCUT2D eigenvalue weighted by molar-refractivity contribution is 7.59. The molecule has 3 aliphatic rings. The van der Waals surface area contributed by atoms with Crippen LogP contribution in [0.2, 0.25) is 0 Å². The fraction of sp³-hybridized carbons (Fsp3) is 0.500. The van der Waals surface area contributed by atoms with Crippen LogP contribution in [-0.4, -0.2) is 100.0 Å². The zero-order valence-electron chi connectivity index (χ0n) is 37.1. The van der Waals surface area contributed by atoms with Gasteiger partial charge in [0.1, 0.15) is 17.8 Å². The molecule has 17 heteroatoms. The molecule has 0 unspecified atom stereocenters. The van der Waals surface area contributed by atoms with Gasteiger partial charge in [0.2, 0.25) is 0 Å². The fourth-order valence-corrected chi connectivity index (χ4v) is 8.76. The minimum absolute atomic E-state index is 0. The third-order valence-electron chi connectivity index (χ3n) is 11.8. The van der Waals surface area contributed by atoms with Gasteiger partial charge in [0.05, 0.1) is 18.9 Å². The van der Waals surface area contributed by atoms with E-state index >= 15 is 0 Å². The molecule has 3 atom stereocenters. The summed E-state index contributed by atoms with van der Waals surface area (Å²) in [7, 11) is 1.68. The first-order chi connectivity index (χ1) is 28.8. The van der Waals surface area contributed by atoms with Gasteiger partial charge in [0.25, 0.3) is 11.8 Å². The monoisotopic (exact) mass is 924 g/mol. The summed E-state index contributed by atoms with van der Waals surface area (Å²) in [6.45, 7) is 12.5. The Kier molecular flexibility index (Phi) is 17.9. The molecule has 5 heterocycles. The second-order valence-electron chi connectivity index (χ2n) is 17.4. The smallest absolute Gasteiger partial charge is 0.410 e. The number of hydrazine groups is 1. The predicted molar refractivity (Wildman–Crippen MR) is 258 cm³/mol. The number of pyridine rings is 1. The molecule has 3 aliphatic heterocycles. The molecule has 2 saturated heterocycles. The second-order valence-corrected chi connectivity index (χ2v) is 17.4. The van der Waals surface area contributed by atoms with Crippen molar-refractivity contribution in [2.75, 3.05) is 33.4 Å². The number of phenolic OH excluding ortho intramolecular Hbond substituents is 1. The number of methoxy groups -OCH3 is 1. The number of cyclic esters (lactones) is 1. The molecule has 344 valence electrons. The number of likely N-dealkylation sites (tertiary alicyclic amines) is 1. The number of hydrogen-bond donors (Lipinski definition) is 3. The molecule has 2 fully saturated rings. The fourth-order valence-electron chi connectivity index (χ4n) is 8.76. The van der Waals surface area contributed by atoms with Gasteiger partial charge in [0, 0.05) is 74.0 Å². The predicted octanol–water partition coefficient (Wildman–Crippen LogP) is 6.49. The van der Waals surface area contributed by atoms with Gasteiger partial charge >= 0.3 is 12.1 Å². The van der Waals surface area contributed by atoms with Gasteiger partial charge < -0.3 is 34.1 Å². The lowest BCUT2D eigenvalue weighted by Crippen LogP contribution is -2.61. The van der Waals surface area contributed by atoms with Gasteiger partial charge in [-0.2, -0.15) is 40.5 Å². The lowest BCUT2D eigenvalue weighted by Gasteiger charge is -2.36. The normalized spacial score (nSPS) is 19.2. The molecule has 0 spiro atoms. The van der Waals surface area contributed by atoms with Crippen molar-refractivity contribution in [3.8, 4) is 28.1 Å². The number of ether oxygens (including phenoxy) is 3. The van der Waals surface area contributed by atoms with Gasteiger partial charge in [-0.3, -0.25) is 24.4 Å². The molecule has 4 aromatic rings. The van der Waals surface area contributed by atoms with Crippen LogP contribution in [0.15, 0.2) is 54.9 Å². The van der Waals surface area contributed by atoms with E-state index in [0.29, 0.717) is 57.6 Å². The Bertz CT molecular complexity index is 2260. The molecule has 0 saturated carbocycles. The zero-order valence-corrected chi connectivity index (χ0v) is 40.1. The molecular formula is C46H64N6O8S3. The topological polar surface area (TPSA) is 165 Å². The third-order valence-corrected chi connectivity index (χ3v) is 11.8. The summed E-state index contributed by atoms with van der Waals surface area (Å²) >= 11 is 0. The number of aryl methyl sites for hydroxylation is 1. The summed E-state index contributed by atoms with van der Waals surface area (Å²) in [5, 5.41) is 16.5. The van der Waals surface area contributed by atoms with E-state index in [9.17, 15) is 24.3 Å². The molecule has 0 radical (unpaired) electrons. The van der Waals surface area contributed by atoms with Gasteiger partial charge in [-0.25, -0.2) is 10.2 Å². The van der Waals surface area contributed by atoms with E-state index in [1.807, 2.05) is 24.4 Å². The van der Waals surface area contributed by atoms with Gasteiger partial charge in [-0.15, -0.1) is 0 Å². The number of amides is 3.